The number of rotatable bonds is 4. The van der Waals surface area contributed by atoms with E-state index in [0.29, 0.717) is 0 Å². The average Bonchev–Trinajstić information content (AvgIpc) is 3.62. The molecule has 0 unspecified atom stereocenters. The van der Waals surface area contributed by atoms with Crippen LogP contribution in [0.5, 0.6) is 0 Å². The molecule has 0 radical (unpaired) electrons. The molecule has 0 bridgehead atoms. The first-order valence-electron chi connectivity index (χ1n) is 18.0. The van der Waals surface area contributed by atoms with Crippen molar-refractivity contribution in [2.24, 2.45) is 4.99 Å². The Bertz CT molecular complexity index is 3090. The van der Waals surface area contributed by atoms with Crippen molar-refractivity contribution in [1.29, 1.82) is 0 Å². The summed E-state index contributed by atoms with van der Waals surface area (Å²) >= 11 is 0. The minimum Gasteiger partial charge on any atom is -0.455 e. The van der Waals surface area contributed by atoms with Gasteiger partial charge in [0.05, 0.1) is 33.8 Å². The van der Waals surface area contributed by atoms with Crippen molar-refractivity contribution >= 4 is 65.9 Å². The number of fused-ring (bicyclic) bond motifs is 10. The fraction of sp³-hybridized carbons (Fsp3) is 0.0417. The largest absolute Gasteiger partial charge is 0.455 e. The average molecular weight is 679 g/mol. The lowest BCUT2D eigenvalue weighted by Crippen LogP contribution is -2.08. The molecule has 5 heteroatoms. The minimum atomic E-state index is 0.884. The summed E-state index contributed by atoms with van der Waals surface area (Å²) in [6, 6.07) is 52.7. The molecule has 0 saturated heterocycles. The van der Waals surface area contributed by atoms with Crippen molar-refractivity contribution in [2.45, 2.75) is 12.8 Å². The van der Waals surface area contributed by atoms with Gasteiger partial charge in [0, 0.05) is 60.9 Å². The predicted octanol–water partition coefficient (Wildman–Crippen LogP) is 12.3. The molecule has 0 atom stereocenters. The summed E-state index contributed by atoms with van der Waals surface area (Å²) < 4.78 is 6.50. The molecule has 4 aromatic heterocycles. The third-order valence-corrected chi connectivity index (χ3v) is 10.6. The van der Waals surface area contributed by atoms with Crippen LogP contribution in [0.2, 0.25) is 0 Å². The molecule has 5 nitrogen and oxygen atoms in total. The van der Waals surface area contributed by atoms with E-state index in [4.69, 9.17) is 24.4 Å². The molecule has 0 amide bonds. The van der Waals surface area contributed by atoms with E-state index in [0.717, 1.165) is 113 Å². The maximum atomic E-state index is 6.50. The lowest BCUT2D eigenvalue weighted by Gasteiger charge is -2.17. The zero-order valence-electron chi connectivity index (χ0n) is 28.6. The minimum absolute atomic E-state index is 0.884. The highest BCUT2D eigenvalue weighted by molar-refractivity contribution is 6.24. The highest BCUT2D eigenvalue weighted by Crippen LogP contribution is 2.41. The topological polar surface area (TPSA) is 64.2 Å². The molecule has 5 heterocycles. The van der Waals surface area contributed by atoms with Gasteiger partial charge in [0.1, 0.15) is 11.2 Å². The van der Waals surface area contributed by atoms with E-state index in [-0.39, 0.29) is 0 Å². The van der Waals surface area contributed by atoms with E-state index in [1.165, 1.54) is 11.1 Å². The standard InChI is InChI=1S/C48H30N4O/c1-2-8-29(9-3-1)40-26-20-32-18-19-33-21-27-41(51-47(33)46(32)50-40)34-22-25-39(49-28-34)30-14-16-31(17-15-30)45-38-24-23-36-35-10-5-7-13-43(35)53-48(36)44(38)37-11-4-6-12-42(37)52-45/h1-19,21-25,27-28H,20,26H2. The van der Waals surface area contributed by atoms with Gasteiger partial charge >= 0.3 is 0 Å². The molecule has 10 aromatic rings. The van der Waals surface area contributed by atoms with Crippen molar-refractivity contribution in [2.75, 3.05) is 0 Å². The van der Waals surface area contributed by atoms with Crippen LogP contribution in [0, 0.1) is 0 Å². The number of hydrogen-bond donors (Lipinski definition) is 0. The summed E-state index contributed by atoms with van der Waals surface area (Å²) in [5.74, 6) is 0. The van der Waals surface area contributed by atoms with Gasteiger partial charge in [-0.1, -0.05) is 115 Å². The lowest BCUT2D eigenvalue weighted by molar-refractivity contribution is 0.673. The molecular weight excluding hydrogens is 649 g/mol. The smallest absolute Gasteiger partial charge is 0.144 e. The van der Waals surface area contributed by atoms with Crippen LogP contribution in [0.1, 0.15) is 17.5 Å². The third-order valence-electron chi connectivity index (χ3n) is 10.6. The number of aromatic nitrogens is 3. The molecular formula is C48H30N4O. The molecule has 6 aromatic carbocycles. The molecule has 0 fully saturated rings. The summed E-state index contributed by atoms with van der Waals surface area (Å²) in [5.41, 5.74) is 13.9. The number of pyridine rings is 3. The van der Waals surface area contributed by atoms with E-state index in [2.05, 4.69) is 127 Å². The maximum Gasteiger partial charge on any atom is 0.144 e. The van der Waals surface area contributed by atoms with Crippen LogP contribution in [-0.2, 0) is 6.42 Å². The van der Waals surface area contributed by atoms with Gasteiger partial charge in [-0.3, -0.25) is 9.98 Å². The van der Waals surface area contributed by atoms with Crippen molar-refractivity contribution in [3.05, 3.63) is 169 Å². The first-order valence-corrected chi connectivity index (χ1v) is 18.0. The third kappa shape index (κ3) is 4.85. The van der Waals surface area contributed by atoms with E-state index in [1.54, 1.807) is 0 Å². The fourth-order valence-electron chi connectivity index (χ4n) is 7.94. The van der Waals surface area contributed by atoms with Gasteiger partial charge in [-0.2, -0.15) is 0 Å². The van der Waals surface area contributed by atoms with Crippen molar-refractivity contribution < 1.29 is 4.42 Å². The van der Waals surface area contributed by atoms with Crippen LogP contribution in [0.3, 0.4) is 0 Å². The van der Waals surface area contributed by atoms with Crippen LogP contribution in [0.4, 0.5) is 5.69 Å². The first-order chi connectivity index (χ1) is 26.2. The van der Waals surface area contributed by atoms with Crippen LogP contribution >= 0.6 is 0 Å². The summed E-state index contributed by atoms with van der Waals surface area (Å²) in [7, 11) is 0. The number of hydrogen-bond acceptors (Lipinski definition) is 5. The Morgan fingerprint density at radius 3 is 2.09 bits per heavy atom. The lowest BCUT2D eigenvalue weighted by atomic mass is 9.95. The van der Waals surface area contributed by atoms with Crippen molar-refractivity contribution in [1.82, 2.24) is 15.0 Å². The van der Waals surface area contributed by atoms with Gasteiger partial charge in [-0.25, -0.2) is 9.97 Å². The van der Waals surface area contributed by atoms with E-state index >= 15 is 0 Å². The molecule has 248 valence electrons. The fourth-order valence-corrected chi connectivity index (χ4v) is 7.94. The second-order valence-electron chi connectivity index (χ2n) is 13.7. The van der Waals surface area contributed by atoms with Gasteiger partial charge in [0.25, 0.3) is 0 Å². The quantitative estimate of drug-likeness (QED) is 0.174. The maximum absolute atomic E-state index is 6.50. The summed E-state index contributed by atoms with van der Waals surface area (Å²) in [6.07, 6.45) is 3.80. The summed E-state index contributed by atoms with van der Waals surface area (Å²) in [4.78, 5) is 20.4. The summed E-state index contributed by atoms with van der Waals surface area (Å²) in [6.45, 7) is 0. The Labute approximate surface area is 305 Å². The monoisotopic (exact) mass is 678 g/mol. The zero-order valence-corrected chi connectivity index (χ0v) is 28.6. The van der Waals surface area contributed by atoms with Gasteiger partial charge in [-0.15, -0.1) is 0 Å². The number of aryl methyl sites for hydroxylation is 1. The molecule has 11 rings (SSSR count). The number of para-hydroxylation sites is 2. The number of furan rings is 1. The highest BCUT2D eigenvalue weighted by atomic mass is 16.3. The Balaban J connectivity index is 0.943. The highest BCUT2D eigenvalue weighted by Gasteiger charge is 2.19. The van der Waals surface area contributed by atoms with E-state index < -0.39 is 0 Å². The van der Waals surface area contributed by atoms with Crippen LogP contribution < -0.4 is 0 Å². The first kappa shape index (κ1) is 29.7. The van der Waals surface area contributed by atoms with E-state index in [9.17, 15) is 0 Å². The zero-order chi connectivity index (χ0) is 34.9. The summed E-state index contributed by atoms with van der Waals surface area (Å²) in [5, 5.41) is 6.57. The molecule has 0 spiro atoms. The molecule has 0 saturated carbocycles. The van der Waals surface area contributed by atoms with Crippen LogP contribution in [-0.4, -0.2) is 20.7 Å². The molecule has 53 heavy (non-hydrogen) atoms. The Hall–Kier alpha value is -6.98. The molecule has 1 aliphatic rings. The number of aliphatic imine (C=N–C) groups is 1. The van der Waals surface area contributed by atoms with Gasteiger partial charge in [0.15, 0.2) is 0 Å². The molecule has 0 aliphatic carbocycles. The van der Waals surface area contributed by atoms with Crippen molar-refractivity contribution in [3.8, 4) is 33.8 Å². The van der Waals surface area contributed by atoms with Crippen molar-refractivity contribution in [3.63, 3.8) is 0 Å². The normalized spacial score (nSPS) is 12.9. The second-order valence-corrected chi connectivity index (χ2v) is 13.7. The van der Waals surface area contributed by atoms with E-state index in [1.807, 2.05) is 30.5 Å². The molecule has 0 N–H and O–H groups in total. The molecule has 1 aliphatic heterocycles. The Morgan fingerprint density at radius 1 is 0.491 bits per heavy atom. The Morgan fingerprint density at radius 2 is 1.23 bits per heavy atom. The second kappa shape index (κ2) is 11.8. The van der Waals surface area contributed by atoms with Gasteiger partial charge < -0.3 is 4.42 Å². The van der Waals surface area contributed by atoms with Crippen LogP contribution in [0.25, 0.3) is 88.3 Å². The van der Waals surface area contributed by atoms with Gasteiger partial charge in [-0.05, 0) is 60.4 Å². The Kier molecular flexibility index (Phi) is 6.61. The number of nitrogens with zero attached hydrogens (tertiary/aromatic N) is 4. The predicted molar refractivity (Wildman–Crippen MR) is 217 cm³/mol. The SMILES string of the molecule is c1ccc(C2=Nc3c(ccc4ccc(-c5ccc(-c6ccc(-c7nc8ccccc8c8c7ccc7c9ccccc9oc78)cc6)nc5)nc34)CC2)cc1. The van der Waals surface area contributed by atoms with Crippen LogP contribution in [0.15, 0.2) is 167 Å². The number of benzene rings is 6. The van der Waals surface area contributed by atoms with Gasteiger partial charge in [0.2, 0.25) is 0 Å².